The van der Waals surface area contributed by atoms with E-state index in [1.807, 2.05) is 6.07 Å². The Kier molecular flexibility index (Phi) is 3.77. The molecule has 2 atom stereocenters. The number of nitrogens with one attached hydrogen (secondary N) is 3. The van der Waals surface area contributed by atoms with Crippen LogP contribution in [0.5, 0.6) is 0 Å². The van der Waals surface area contributed by atoms with E-state index in [4.69, 9.17) is 0 Å². The molecule has 2 saturated carbocycles. The second-order valence-corrected chi connectivity index (χ2v) is 5.67. The van der Waals surface area contributed by atoms with Gasteiger partial charge in [-0.25, -0.2) is 9.18 Å². The average molecular weight is 291 g/mol. The number of hydrogen-bond acceptors (Lipinski definition) is 2. The lowest BCUT2D eigenvalue weighted by atomic mass is 10.1. The molecule has 3 N–H and O–H groups in total. The quantitative estimate of drug-likeness (QED) is 0.764. The zero-order valence-corrected chi connectivity index (χ0v) is 11.6. The number of carbonyl (C=O) groups is 2. The van der Waals surface area contributed by atoms with E-state index in [0.717, 1.165) is 24.8 Å². The van der Waals surface area contributed by atoms with Crippen molar-refractivity contribution < 1.29 is 14.0 Å². The standard InChI is InChI=1S/C15H18FN3O2/c16-10-3-1-2-9(6-10)12-7-13(12)19-15(21)17-8-14(20)18-11-4-5-11/h1-3,6,11-13H,4-5,7-8H2,(H,18,20)(H2,17,19,21). The molecule has 0 aliphatic heterocycles. The van der Waals surface area contributed by atoms with Gasteiger partial charge in [0, 0.05) is 18.0 Å². The summed E-state index contributed by atoms with van der Waals surface area (Å²) < 4.78 is 13.1. The largest absolute Gasteiger partial charge is 0.352 e. The molecule has 1 aromatic carbocycles. The normalized spacial score (nSPS) is 23.3. The molecular weight excluding hydrogens is 273 g/mol. The number of halogens is 1. The zero-order valence-electron chi connectivity index (χ0n) is 11.6. The van der Waals surface area contributed by atoms with Gasteiger partial charge < -0.3 is 16.0 Å². The minimum Gasteiger partial charge on any atom is -0.352 e. The van der Waals surface area contributed by atoms with E-state index in [2.05, 4.69) is 16.0 Å². The predicted octanol–water partition coefficient (Wildman–Crippen LogP) is 1.26. The van der Waals surface area contributed by atoms with Crippen LogP contribution in [0.25, 0.3) is 0 Å². The van der Waals surface area contributed by atoms with E-state index in [9.17, 15) is 14.0 Å². The first-order chi connectivity index (χ1) is 10.1. The molecule has 2 fully saturated rings. The van der Waals surface area contributed by atoms with Gasteiger partial charge in [0.05, 0.1) is 6.54 Å². The summed E-state index contributed by atoms with van der Waals surface area (Å²) in [7, 11) is 0. The van der Waals surface area contributed by atoms with Gasteiger partial charge in [-0.1, -0.05) is 12.1 Å². The SMILES string of the molecule is O=C(CNC(=O)NC1CC1c1cccc(F)c1)NC1CC1. The Morgan fingerprint density at radius 3 is 2.76 bits per heavy atom. The number of hydrogen-bond donors (Lipinski definition) is 3. The summed E-state index contributed by atoms with van der Waals surface area (Å²) in [5.74, 6) is -0.267. The second kappa shape index (κ2) is 5.71. The topological polar surface area (TPSA) is 70.2 Å². The highest BCUT2D eigenvalue weighted by atomic mass is 19.1. The van der Waals surface area contributed by atoms with Crippen molar-refractivity contribution in [3.05, 3.63) is 35.6 Å². The van der Waals surface area contributed by atoms with Crippen molar-refractivity contribution in [3.63, 3.8) is 0 Å². The third kappa shape index (κ3) is 3.93. The van der Waals surface area contributed by atoms with Crippen LogP contribution in [0.4, 0.5) is 9.18 Å². The molecule has 0 spiro atoms. The van der Waals surface area contributed by atoms with Gasteiger partial charge in [-0.15, -0.1) is 0 Å². The molecule has 21 heavy (non-hydrogen) atoms. The highest BCUT2D eigenvalue weighted by molar-refractivity contribution is 5.84. The maximum atomic E-state index is 13.1. The Labute approximate surface area is 122 Å². The summed E-state index contributed by atoms with van der Waals surface area (Å²) in [5.41, 5.74) is 0.895. The fourth-order valence-corrected chi connectivity index (χ4v) is 2.35. The Morgan fingerprint density at radius 2 is 2.05 bits per heavy atom. The molecule has 2 aliphatic rings. The molecule has 1 aromatic rings. The van der Waals surface area contributed by atoms with Crippen molar-refractivity contribution in [2.45, 2.75) is 37.3 Å². The highest BCUT2D eigenvalue weighted by Crippen LogP contribution is 2.40. The molecule has 6 heteroatoms. The van der Waals surface area contributed by atoms with E-state index < -0.39 is 0 Å². The van der Waals surface area contributed by atoms with Crippen LogP contribution < -0.4 is 16.0 Å². The van der Waals surface area contributed by atoms with Crippen LogP contribution in [0.2, 0.25) is 0 Å². The minimum absolute atomic E-state index is 0.0123. The van der Waals surface area contributed by atoms with Gasteiger partial charge in [0.2, 0.25) is 5.91 Å². The molecule has 2 unspecified atom stereocenters. The van der Waals surface area contributed by atoms with E-state index in [1.165, 1.54) is 12.1 Å². The summed E-state index contributed by atoms with van der Waals surface area (Å²) in [5, 5.41) is 8.12. The number of amides is 3. The van der Waals surface area contributed by atoms with Gasteiger partial charge in [-0.05, 0) is 37.0 Å². The average Bonchev–Trinajstić information content (AvgIpc) is 3.33. The maximum Gasteiger partial charge on any atom is 0.315 e. The number of urea groups is 1. The molecule has 5 nitrogen and oxygen atoms in total. The Bertz CT molecular complexity index is 560. The van der Waals surface area contributed by atoms with Crippen LogP contribution in [0.1, 0.15) is 30.7 Å². The molecule has 0 aromatic heterocycles. The first-order valence-corrected chi connectivity index (χ1v) is 7.21. The van der Waals surface area contributed by atoms with Crippen LogP contribution in [-0.2, 0) is 4.79 Å². The van der Waals surface area contributed by atoms with Gasteiger partial charge in [-0.3, -0.25) is 4.79 Å². The maximum absolute atomic E-state index is 13.1. The fourth-order valence-electron chi connectivity index (χ4n) is 2.35. The molecule has 2 aliphatic carbocycles. The van der Waals surface area contributed by atoms with Crippen LogP contribution in [0.15, 0.2) is 24.3 Å². The van der Waals surface area contributed by atoms with E-state index >= 15 is 0 Å². The summed E-state index contributed by atoms with van der Waals surface area (Å²) in [4.78, 5) is 23.1. The van der Waals surface area contributed by atoms with Crippen molar-refractivity contribution >= 4 is 11.9 Å². The Balaban J connectivity index is 1.39. The van der Waals surface area contributed by atoms with Crippen LogP contribution in [-0.4, -0.2) is 30.6 Å². The molecule has 112 valence electrons. The number of rotatable bonds is 5. The van der Waals surface area contributed by atoms with Crippen LogP contribution in [0.3, 0.4) is 0 Å². The second-order valence-electron chi connectivity index (χ2n) is 5.67. The Morgan fingerprint density at radius 1 is 1.24 bits per heavy atom. The summed E-state index contributed by atoms with van der Waals surface area (Å²) in [6.45, 7) is -0.0142. The summed E-state index contributed by atoms with van der Waals surface area (Å²) in [6, 6.07) is 6.37. The van der Waals surface area contributed by atoms with Gasteiger partial charge in [-0.2, -0.15) is 0 Å². The minimum atomic E-state index is -0.357. The van der Waals surface area contributed by atoms with Gasteiger partial charge >= 0.3 is 6.03 Å². The molecular formula is C15H18FN3O2. The number of carbonyl (C=O) groups excluding carboxylic acids is 2. The van der Waals surface area contributed by atoms with Crippen molar-refractivity contribution in [1.82, 2.24) is 16.0 Å². The predicted molar refractivity (Wildman–Crippen MR) is 75.2 cm³/mol. The first kappa shape index (κ1) is 13.9. The monoisotopic (exact) mass is 291 g/mol. The highest BCUT2D eigenvalue weighted by Gasteiger charge is 2.39. The van der Waals surface area contributed by atoms with E-state index in [1.54, 1.807) is 6.07 Å². The molecule has 0 bridgehead atoms. The fraction of sp³-hybridized carbons (Fsp3) is 0.467. The van der Waals surface area contributed by atoms with Crippen LogP contribution >= 0.6 is 0 Å². The lowest BCUT2D eigenvalue weighted by Gasteiger charge is -2.08. The van der Waals surface area contributed by atoms with Gasteiger partial charge in [0.15, 0.2) is 0 Å². The molecule has 0 radical (unpaired) electrons. The molecule has 3 amide bonds. The van der Waals surface area contributed by atoms with Crippen molar-refractivity contribution in [3.8, 4) is 0 Å². The van der Waals surface area contributed by atoms with Gasteiger partial charge in [0.1, 0.15) is 5.82 Å². The molecule has 0 heterocycles. The van der Waals surface area contributed by atoms with Crippen LogP contribution in [0, 0.1) is 5.82 Å². The van der Waals surface area contributed by atoms with Crippen molar-refractivity contribution in [2.75, 3.05) is 6.54 Å². The number of benzene rings is 1. The third-order valence-corrected chi connectivity index (χ3v) is 3.74. The summed E-state index contributed by atoms with van der Waals surface area (Å²) in [6.07, 6.45) is 2.84. The smallest absolute Gasteiger partial charge is 0.315 e. The van der Waals surface area contributed by atoms with Gasteiger partial charge in [0.25, 0.3) is 0 Å². The molecule has 3 rings (SSSR count). The van der Waals surface area contributed by atoms with E-state index in [-0.39, 0.29) is 36.3 Å². The lowest BCUT2D eigenvalue weighted by Crippen LogP contribution is -2.43. The van der Waals surface area contributed by atoms with Crippen molar-refractivity contribution in [1.29, 1.82) is 0 Å². The first-order valence-electron chi connectivity index (χ1n) is 7.21. The third-order valence-electron chi connectivity index (χ3n) is 3.74. The summed E-state index contributed by atoms with van der Waals surface area (Å²) >= 11 is 0. The van der Waals surface area contributed by atoms with E-state index in [0.29, 0.717) is 6.04 Å². The Hall–Kier alpha value is -2.11. The molecule has 0 saturated heterocycles. The van der Waals surface area contributed by atoms with Crippen molar-refractivity contribution in [2.24, 2.45) is 0 Å². The zero-order chi connectivity index (χ0) is 14.8. The lowest BCUT2D eigenvalue weighted by molar-refractivity contribution is -0.120.